The fourth-order valence-corrected chi connectivity index (χ4v) is 13.9. The van der Waals surface area contributed by atoms with Gasteiger partial charge in [0.05, 0.1) is 0 Å². The van der Waals surface area contributed by atoms with E-state index in [0.717, 1.165) is 0 Å². The summed E-state index contributed by atoms with van der Waals surface area (Å²) < 4.78 is 0. The highest BCUT2D eigenvalue weighted by Gasteiger charge is 2.39. The van der Waals surface area contributed by atoms with Gasteiger partial charge in [0.25, 0.3) is 0 Å². The lowest BCUT2D eigenvalue weighted by Gasteiger charge is -2.33. The van der Waals surface area contributed by atoms with Crippen LogP contribution in [0.4, 0.5) is 34.1 Å². The Morgan fingerprint density at radius 2 is 0.862 bits per heavy atom. The fraction of sp³-hybridized carbons (Fsp3) is 0.236. The Balaban J connectivity index is 1.02. The van der Waals surface area contributed by atoms with Crippen LogP contribution in [0.2, 0.25) is 13.1 Å². The van der Waals surface area contributed by atoms with E-state index in [1.807, 2.05) is 0 Å². The number of anilines is 6. The van der Waals surface area contributed by atoms with Gasteiger partial charge < -0.3 is 9.80 Å². The molecule has 0 N–H and O–H groups in total. The molecule has 2 fully saturated rings. The summed E-state index contributed by atoms with van der Waals surface area (Å²) in [6, 6.07) is 66.6. The van der Waals surface area contributed by atoms with Gasteiger partial charge in [-0.1, -0.05) is 148 Å². The van der Waals surface area contributed by atoms with Crippen molar-refractivity contribution in [2.24, 2.45) is 0 Å². The molecule has 3 heteroatoms. The third-order valence-electron chi connectivity index (χ3n) is 13.9. The largest absolute Gasteiger partial charge is 0.311 e. The highest BCUT2D eigenvalue weighted by Crippen LogP contribution is 2.48. The van der Waals surface area contributed by atoms with Crippen molar-refractivity contribution < 1.29 is 0 Å². The molecule has 0 bridgehead atoms. The Morgan fingerprint density at radius 1 is 0.414 bits per heavy atom. The van der Waals surface area contributed by atoms with E-state index in [0.29, 0.717) is 5.92 Å². The standard InChI is InChI=1S/C55H54N2Si/c1-58(2)53-23-13-12-22-51(53)52-40-50(36-37-54(52)58)57(47-30-24-42(25-31-47)41-16-6-3-7-17-41)49-34-28-44(29-35-49)55(38-14-15-39-55)43-26-32-48(33-27-43)56(45-18-8-4-9-19-45)46-20-10-5-11-21-46/h4-5,8-13,18-37,40-41H,3,6-7,14-17,38-39H2,1-2H3. The first-order valence-electron chi connectivity index (χ1n) is 21.8. The van der Waals surface area contributed by atoms with Crippen LogP contribution >= 0.6 is 0 Å². The van der Waals surface area contributed by atoms with Crippen molar-refractivity contribution in [1.82, 2.24) is 0 Å². The van der Waals surface area contributed by atoms with Gasteiger partial charge in [0.15, 0.2) is 0 Å². The molecule has 7 aromatic carbocycles. The molecule has 0 unspecified atom stereocenters. The zero-order valence-corrected chi connectivity index (χ0v) is 35.1. The molecule has 2 saturated carbocycles. The quantitative estimate of drug-likeness (QED) is 0.135. The first-order chi connectivity index (χ1) is 28.5. The predicted molar refractivity (Wildman–Crippen MR) is 250 cm³/mol. The third kappa shape index (κ3) is 6.50. The van der Waals surface area contributed by atoms with Gasteiger partial charge in [-0.2, -0.15) is 0 Å². The fourth-order valence-electron chi connectivity index (χ4n) is 10.8. The topological polar surface area (TPSA) is 6.48 Å². The van der Waals surface area contributed by atoms with Gasteiger partial charge in [-0.25, -0.2) is 0 Å². The Bertz CT molecular complexity index is 2450. The summed E-state index contributed by atoms with van der Waals surface area (Å²) in [5.74, 6) is 0.690. The number of hydrogen-bond acceptors (Lipinski definition) is 2. The zero-order chi connectivity index (χ0) is 39.1. The van der Waals surface area contributed by atoms with E-state index in [1.165, 1.54) is 120 Å². The molecule has 3 aliphatic rings. The van der Waals surface area contributed by atoms with E-state index < -0.39 is 8.07 Å². The van der Waals surface area contributed by atoms with Crippen LogP contribution in [-0.2, 0) is 5.41 Å². The Kier molecular flexibility index (Phi) is 9.66. The molecule has 1 aliphatic heterocycles. The van der Waals surface area contributed by atoms with Crippen molar-refractivity contribution in [2.45, 2.75) is 82.2 Å². The second kappa shape index (κ2) is 15.3. The number of benzene rings is 7. The molecular weight excluding hydrogens is 717 g/mol. The minimum absolute atomic E-state index is 0.00134. The maximum absolute atomic E-state index is 2.51. The summed E-state index contributed by atoms with van der Waals surface area (Å²) in [6.07, 6.45) is 11.6. The van der Waals surface area contributed by atoms with Crippen molar-refractivity contribution in [3.63, 3.8) is 0 Å². The minimum Gasteiger partial charge on any atom is -0.311 e. The molecule has 0 amide bonds. The number of rotatable bonds is 9. The summed E-state index contributed by atoms with van der Waals surface area (Å²) in [5, 5.41) is 3.10. The number of hydrogen-bond donors (Lipinski definition) is 0. The van der Waals surface area contributed by atoms with Crippen LogP contribution in [0.25, 0.3) is 11.1 Å². The first kappa shape index (κ1) is 36.7. The number of para-hydroxylation sites is 2. The summed E-state index contributed by atoms with van der Waals surface area (Å²) >= 11 is 0. The van der Waals surface area contributed by atoms with E-state index in [2.05, 4.69) is 199 Å². The highest BCUT2D eigenvalue weighted by atomic mass is 28.3. The molecule has 0 atom stereocenters. The molecule has 0 aromatic heterocycles. The highest BCUT2D eigenvalue weighted by molar-refractivity contribution is 7.03. The van der Waals surface area contributed by atoms with Crippen molar-refractivity contribution in [2.75, 3.05) is 9.80 Å². The third-order valence-corrected chi connectivity index (χ3v) is 17.5. The van der Waals surface area contributed by atoms with Gasteiger partial charge in [-0.3, -0.25) is 0 Å². The van der Waals surface area contributed by atoms with Gasteiger partial charge in [0.1, 0.15) is 8.07 Å². The molecule has 288 valence electrons. The normalized spacial score (nSPS) is 16.7. The van der Waals surface area contributed by atoms with Gasteiger partial charge in [0, 0.05) is 39.5 Å². The maximum Gasteiger partial charge on any atom is 0.113 e. The van der Waals surface area contributed by atoms with E-state index in [1.54, 1.807) is 10.4 Å². The lowest BCUT2D eigenvalue weighted by Crippen LogP contribution is -2.49. The molecule has 0 saturated heterocycles. The molecular formula is C55H54N2Si. The minimum atomic E-state index is -1.75. The predicted octanol–water partition coefficient (Wildman–Crippen LogP) is 14.3. The van der Waals surface area contributed by atoms with E-state index in [4.69, 9.17) is 0 Å². The summed E-state index contributed by atoms with van der Waals surface area (Å²) in [4.78, 5) is 4.86. The van der Waals surface area contributed by atoms with Crippen LogP contribution in [0.1, 0.15) is 80.4 Å². The van der Waals surface area contributed by atoms with Crippen molar-refractivity contribution >= 4 is 52.6 Å². The van der Waals surface area contributed by atoms with Crippen LogP contribution < -0.4 is 20.2 Å². The summed E-state index contributed by atoms with van der Waals surface area (Å²) in [7, 11) is -1.75. The van der Waals surface area contributed by atoms with Gasteiger partial charge in [-0.15, -0.1) is 0 Å². The first-order valence-corrected chi connectivity index (χ1v) is 24.8. The summed E-state index contributed by atoms with van der Waals surface area (Å²) in [6.45, 7) is 5.01. The molecule has 0 radical (unpaired) electrons. The lowest BCUT2D eigenvalue weighted by atomic mass is 9.73. The number of fused-ring (bicyclic) bond motifs is 3. The van der Waals surface area contributed by atoms with E-state index in [9.17, 15) is 0 Å². The molecule has 1 heterocycles. The van der Waals surface area contributed by atoms with Crippen molar-refractivity contribution in [3.05, 3.63) is 193 Å². The lowest BCUT2D eigenvalue weighted by molar-refractivity contribution is 0.443. The van der Waals surface area contributed by atoms with Crippen LogP contribution in [-0.4, -0.2) is 8.07 Å². The molecule has 2 nitrogen and oxygen atoms in total. The van der Waals surface area contributed by atoms with Crippen LogP contribution in [0, 0.1) is 0 Å². The molecule has 0 spiro atoms. The SMILES string of the molecule is C[Si]1(C)c2ccccc2-c2cc(N(c3ccc(C4CCCCC4)cc3)c3ccc(C4(c5ccc(N(c6ccccc6)c6ccccc6)cc5)CCCC4)cc3)ccc21. The van der Waals surface area contributed by atoms with Gasteiger partial charge >= 0.3 is 0 Å². The van der Waals surface area contributed by atoms with Gasteiger partial charge in [0.2, 0.25) is 0 Å². The average molecular weight is 771 g/mol. The summed E-state index contributed by atoms with van der Waals surface area (Å²) in [5.41, 5.74) is 14.3. The van der Waals surface area contributed by atoms with Crippen LogP contribution in [0.5, 0.6) is 0 Å². The zero-order valence-electron chi connectivity index (χ0n) is 34.1. The average Bonchev–Trinajstić information content (AvgIpc) is 3.87. The maximum atomic E-state index is 2.51. The van der Waals surface area contributed by atoms with E-state index in [-0.39, 0.29) is 5.41 Å². The van der Waals surface area contributed by atoms with Gasteiger partial charge in [-0.05, 0) is 143 Å². The Labute approximate surface area is 346 Å². The second-order valence-corrected chi connectivity index (χ2v) is 21.9. The molecule has 2 aliphatic carbocycles. The second-order valence-electron chi connectivity index (χ2n) is 17.6. The van der Waals surface area contributed by atoms with Crippen LogP contribution in [0.15, 0.2) is 176 Å². The molecule has 10 rings (SSSR count). The van der Waals surface area contributed by atoms with Crippen LogP contribution in [0.3, 0.4) is 0 Å². The van der Waals surface area contributed by atoms with Crippen molar-refractivity contribution in [1.29, 1.82) is 0 Å². The monoisotopic (exact) mass is 770 g/mol. The Hall–Kier alpha value is -5.64. The van der Waals surface area contributed by atoms with Crippen molar-refractivity contribution in [3.8, 4) is 11.1 Å². The van der Waals surface area contributed by atoms with E-state index >= 15 is 0 Å². The smallest absolute Gasteiger partial charge is 0.113 e. The Morgan fingerprint density at radius 3 is 1.43 bits per heavy atom. The number of nitrogens with zero attached hydrogens (tertiary/aromatic N) is 2. The molecule has 7 aromatic rings. The molecule has 58 heavy (non-hydrogen) atoms.